The monoisotopic (exact) mass is 453 g/mol. The lowest BCUT2D eigenvalue weighted by molar-refractivity contribution is -0.146. The number of carbonyl (C=O) groups excluding carboxylic acids is 2. The minimum Gasteiger partial charge on any atom is -0.469 e. The molecule has 4 heterocycles. The number of hydrogen-bond acceptors (Lipinski definition) is 8. The van der Waals surface area contributed by atoms with Gasteiger partial charge in [-0.25, -0.2) is 9.50 Å². The summed E-state index contributed by atoms with van der Waals surface area (Å²) in [5, 5.41) is 12.1. The molecule has 11 nitrogen and oxygen atoms in total. The molecule has 0 radical (unpaired) electrons. The van der Waals surface area contributed by atoms with Gasteiger partial charge in [0.15, 0.2) is 11.5 Å². The molecular formula is C22H27N7O4. The van der Waals surface area contributed by atoms with Crippen molar-refractivity contribution in [2.75, 3.05) is 43.6 Å². The van der Waals surface area contributed by atoms with Crippen molar-refractivity contribution in [1.82, 2.24) is 24.4 Å². The van der Waals surface area contributed by atoms with E-state index in [4.69, 9.17) is 14.6 Å². The quantitative estimate of drug-likeness (QED) is 0.583. The standard InChI is InChI=1S/C22H27N7O4/c1-32-22(31)15-3-5-16(6-4-15)29-14-18(20(26-29)27-9-11-33-12-10-27)25-21(30)17-13-24-28-8-2-7-23-19(17)28/h2,7-8,13-16H,3-6,9-12H2,1H3,(H,25,30)/t15-,16-. The number of nitrogens with zero attached hydrogens (tertiary/aromatic N) is 6. The molecular weight excluding hydrogens is 426 g/mol. The fraction of sp³-hybridized carbons (Fsp3) is 0.500. The number of rotatable bonds is 5. The topological polar surface area (TPSA) is 116 Å². The minimum atomic E-state index is -0.285. The zero-order valence-corrected chi connectivity index (χ0v) is 18.5. The lowest BCUT2D eigenvalue weighted by Gasteiger charge is -2.28. The fourth-order valence-electron chi connectivity index (χ4n) is 4.59. The number of nitrogens with one attached hydrogen (secondary N) is 1. The molecule has 174 valence electrons. The second kappa shape index (κ2) is 9.18. The van der Waals surface area contributed by atoms with Gasteiger partial charge in [0.1, 0.15) is 11.3 Å². The first-order valence-electron chi connectivity index (χ1n) is 11.2. The highest BCUT2D eigenvalue weighted by atomic mass is 16.5. The number of ether oxygens (including phenoxy) is 2. The molecule has 0 bridgehead atoms. The Morgan fingerprint density at radius 3 is 2.73 bits per heavy atom. The average molecular weight is 454 g/mol. The minimum absolute atomic E-state index is 0.0529. The number of methoxy groups -OCH3 is 1. The van der Waals surface area contributed by atoms with Crippen molar-refractivity contribution in [3.8, 4) is 0 Å². The van der Waals surface area contributed by atoms with Gasteiger partial charge in [-0.2, -0.15) is 10.2 Å². The van der Waals surface area contributed by atoms with Crippen LogP contribution in [0, 0.1) is 5.92 Å². The SMILES string of the molecule is COC(=O)[C@H]1CC[C@H](n2cc(NC(=O)c3cnn4cccnc34)c(N3CCOCC3)n2)CC1. The maximum absolute atomic E-state index is 13.1. The summed E-state index contributed by atoms with van der Waals surface area (Å²) < 4.78 is 13.9. The Balaban J connectivity index is 1.39. The Hall–Kier alpha value is -3.47. The largest absolute Gasteiger partial charge is 0.469 e. The Bertz CT molecular complexity index is 1140. The third-order valence-corrected chi connectivity index (χ3v) is 6.40. The van der Waals surface area contributed by atoms with Gasteiger partial charge in [-0.05, 0) is 31.7 Å². The van der Waals surface area contributed by atoms with E-state index in [0.717, 1.165) is 31.5 Å². The molecule has 2 fully saturated rings. The van der Waals surface area contributed by atoms with Crippen molar-refractivity contribution in [3.05, 3.63) is 36.4 Å². The van der Waals surface area contributed by atoms with Crippen molar-refractivity contribution in [2.24, 2.45) is 5.92 Å². The predicted molar refractivity (Wildman–Crippen MR) is 119 cm³/mol. The highest BCUT2D eigenvalue weighted by molar-refractivity contribution is 6.09. The van der Waals surface area contributed by atoms with E-state index in [1.165, 1.54) is 13.3 Å². The van der Waals surface area contributed by atoms with Crippen LogP contribution >= 0.6 is 0 Å². The van der Waals surface area contributed by atoms with Crippen molar-refractivity contribution in [3.63, 3.8) is 0 Å². The Morgan fingerprint density at radius 1 is 1.18 bits per heavy atom. The maximum Gasteiger partial charge on any atom is 0.308 e. The van der Waals surface area contributed by atoms with Gasteiger partial charge in [-0.1, -0.05) is 0 Å². The van der Waals surface area contributed by atoms with Crippen molar-refractivity contribution < 1.29 is 19.1 Å². The number of fused-ring (bicyclic) bond motifs is 1. The van der Waals surface area contributed by atoms with Crippen LogP contribution in [0.25, 0.3) is 5.65 Å². The summed E-state index contributed by atoms with van der Waals surface area (Å²) in [7, 11) is 1.44. The molecule has 3 aromatic heterocycles. The van der Waals surface area contributed by atoms with Crippen LogP contribution in [0.5, 0.6) is 0 Å². The molecule has 2 aliphatic rings. The van der Waals surface area contributed by atoms with Gasteiger partial charge in [-0.15, -0.1) is 0 Å². The summed E-state index contributed by atoms with van der Waals surface area (Å²) in [4.78, 5) is 31.4. The van der Waals surface area contributed by atoms with Crippen LogP contribution < -0.4 is 10.2 Å². The van der Waals surface area contributed by atoms with Gasteiger partial charge >= 0.3 is 5.97 Å². The molecule has 0 aromatic carbocycles. The summed E-state index contributed by atoms with van der Waals surface area (Å²) in [5.74, 6) is 0.249. The lowest BCUT2D eigenvalue weighted by Crippen LogP contribution is -2.37. The molecule has 3 aromatic rings. The molecule has 1 saturated carbocycles. The Kier molecular flexibility index (Phi) is 5.95. The highest BCUT2D eigenvalue weighted by Crippen LogP contribution is 2.35. The van der Waals surface area contributed by atoms with Crippen molar-refractivity contribution in [2.45, 2.75) is 31.7 Å². The summed E-state index contributed by atoms with van der Waals surface area (Å²) in [5.41, 5.74) is 1.54. The molecule has 1 aliphatic carbocycles. The number of amides is 1. The van der Waals surface area contributed by atoms with Crippen molar-refractivity contribution in [1.29, 1.82) is 0 Å². The van der Waals surface area contributed by atoms with E-state index >= 15 is 0 Å². The summed E-state index contributed by atoms with van der Waals surface area (Å²) in [6.45, 7) is 2.63. The molecule has 0 spiro atoms. The van der Waals surface area contributed by atoms with E-state index in [1.807, 2.05) is 10.9 Å². The second-order valence-corrected chi connectivity index (χ2v) is 8.37. The van der Waals surface area contributed by atoms with Crippen LogP contribution in [0.3, 0.4) is 0 Å². The van der Waals surface area contributed by atoms with Gasteiger partial charge in [-0.3, -0.25) is 14.3 Å². The van der Waals surface area contributed by atoms with Crippen molar-refractivity contribution >= 4 is 29.0 Å². The summed E-state index contributed by atoms with van der Waals surface area (Å²) >= 11 is 0. The number of hydrogen-bond donors (Lipinski definition) is 1. The maximum atomic E-state index is 13.1. The number of anilines is 2. The van der Waals surface area contributed by atoms with E-state index in [9.17, 15) is 9.59 Å². The zero-order chi connectivity index (χ0) is 22.8. The zero-order valence-electron chi connectivity index (χ0n) is 18.5. The molecule has 0 unspecified atom stereocenters. The lowest BCUT2D eigenvalue weighted by atomic mass is 9.86. The molecule has 1 aliphatic heterocycles. The predicted octanol–water partition coefficient (Wildman–Crippen LogP) is 1.92. The van der Waals surface area contributed by atoms with Crippen LogP contribution in [0.4, 0.5) is 11.5 Å². The van der Waals surface area contributed by atoms with Crippen LogP contribution in [-0.2, 0) is 14.3 Å². The first kappa shape index (κ1) is 21.4. The fourth-order valence-corrected chi connectivity index (χ4v) is 4.59. The van der Waals surface area contributed by atoms with Crippen LogP contribution in [0.15, 0.2) is 30.9 Å². The van der Waals surface area contributed by atoms with Gasteiger partial charge in [0, 0.05) is 25.5 Å². The Morgan fingerprint density at radius 2 is 1.97 bits per heavy atom. The van der Waals surface area contributed by atoms with Crippen LogP contribution in [0.2, 0.25) is 0 Å². The van der Waals surface area contributed by atoms with E-state index in [0.29, 0.717) is 43.2 Å². The normalized spacial score (nSPS) is 21.2. The molecule has 33 heavy (non-hydrogen) atoms. The molecule has 11 heteroatoms. The van der Waals surface area contributed by atoms with Crippen LogP contribution in [0.1, 0.15) is 42.1 Å². The van der Waals surface area contributed by atoms with Gasteiger partial charge in [0.05, 0.1) is 44.7 Å². The highest BCUT2D eigenvalue weighted by Gasteiger charge is 2.30. The number of esters is 1. The van der Waals surface area contributed by atoms with E-state index < -0.39 is 0 Å². The molecule has 1 saturated heterocycles. The third-order valence-electron chi connectivity index (χ3n) is 6.40. The summed E-state index contributed by atoms with van der Waals surface area (Å²) in [6.07, 6.45) is 9.98. The second-order valence-electron chi connectivity index (χ2n) is 8.37. The average Bonchev–Trinajstić information content (AvgIpc) is 3.49. The molecule has 1 amide bonds. The number of carbonyl (C=O) groups is 2. The molecule has 1 N–H and O–H groups in total. The molecule has 0 atom stereocenters. The van der Waals surface area contributed by atoms with Gasteiger partial charge in [0.25, 0.3) is 5.91 Å². The molecule has 5 rings (SSSR count). The number of morpholine rings is 1. The van der Waals surface area contributed by atoms with E-state index in [2.05, 4.69) is 20.3 Å². The van der Waals surface area contributed by atoms with E-state index in [-0.39, 0.29) is 23.8 Å². The van der Waals surface area contributed by atoms with Gasteiger partial charge < -0.3 is 19.7 Å². The smallest absolute Gasteiger partial charge is 0.308 e. The van der Waals surface area contributed by atoms with Crippen LogP contribution in [-0.4, -0.2) is 69.7 Å². The van der Waals surface area contributed by atoms with Gasteiger partial charge in [0.2, 0.25) is 0 Å². The number of aromatic nitrogens is 5. The third kappa shape index (κ3) is 4.28. The first-order chi connectivity index (χ1) is 16.1. The van der Waals surface area contributed by atoms with E-state index in [1.54, 1.807) is 23.0 Å². The Labute approximate surface area is 190 Å². The summed E-state index contributed by atoms with van der Waals surface area (Å²) in [6, 6.07) is 1.92. The first-order valence-corrected chi connectivity index (χ1v) is 11.2.